The van der Waals surface area contributed by atoms with E-state index in [1.807, 2.05) is 6.07 Å². The van der Waals surface area contributed by atoms with Crippen molar-refractivity contribution in [2.45, 2.75) is 44.3 Å². The number of carbonyl (C=O) groups is 6. The zero-order chi connectivity index (χ0) is 64.9. The van der Waals surface area contributed by atoms with Crippen LogP contribution in [0.2, 0.25) is 0 Å². The van der Waals surface area contributed by atoms with Crippen molar-refractivity contribution >= 4 is 58.3 Å². The Morgan fingerprint density at radius 3 is 1.58 bits per heavy atom. The van der Waals surface area contributed by atoms with E-state index < -0.39 is 35.3 Å². The van der Waals surface area contributed by atoms with Gasteiger partial charge in [0.15, 0.2) is 11.2 Å². The number of ether oxygens (including phenoxy) is 12. The van der Waals surface area contributed by atoms with Crippen molar-refractivity contribution in [3.8, 4) is 0 Å². The van der Waals surface area contributed by atoms with E-state index in [0.29, 0.717) is 170 Å². The van der Waals surface area contributed by atoms with Gasteiger partial charge in [-0.25, -0.2) is 14.8 Å². The van der Waals surface area contributed by atoms with Crippen LogP contribution in [0.1, 0.15) is 53.3 Å². The number of nitrogens with two attached hydrogens (primary N) is 1. The molecule has 32 heteroatoms. The van der Waals surface area contributed by atoms with Crippen molar-refractivity contribution in [3.63, 3.8) is 0 Å². The molecular formula is C59H88N12O20. The number of anilines is 2. The van der Waals surface area contributed by atoms with Crippen molar-refractivity contribution in [2.75, 3.05) is 196 Å². The summed E-state index contributed by atoms with van der Waals surface area (Å²) in [5.74, 6) is -3.46. The monoisotopic (exact) mass is 1280 g/mol. The maximum Gasteiger partial charge on any atom is 0.326 e. The first kappa shape index (κ1) is 74.3. The minimum absolute atomic E-state index is 0.0396. The number of amides is 5. The number of nitrogens with zero attached hydrogens (tertiary/aromatic N) is 5. The minimum atomic E-state index is -1.33. The second kappa shape index (κ2) is 45.7. The summed E-state index contributed by atoms with van der Waals surface area (Å²) in [6, 6.07) is 8.23. The summed E-state index contributed by atoms with van der Waals surface area (Å²) in [5.41, 5.74) is 7.28. The first-order chi connectivity index (χ1) is 44.4. The first-order valence-corrected chi connectivity index (χ1v) is 30.2. The molecule has 1 aromatic carbocycles. The van der Waals surface area contributed by atoms with Gasteiger partial charge in [-0.2, -0.15) is 4.98 Å². The highest BCUT2D eigenvalue weighted by atomic mass is 16.6. The zero-order valence-electron chi connectivity index (χ0n) is 51.6. The largest absolute Gasteiger partial charge is 0.480 e. The van der Waals surface area contributed by atoms with Crippen LogP contribution in [-0.2, 0) is 87.4 Å². The second-order valence-corrected chi connectivity index (χ2v) is 20.0. The van der Waals surface area contributed by atoms with Crippen LogP contribution in [0.4, 0.5) is 11.6 Å². The molecule has 0 radical (unpaired) electrons. The number of pyridine rings is 1. The lowest BCUT2D eigenvalue weighted by Crippen LogP contribution is -2.42. The highest BCUT2D eigenvalue weighted by Crippen LogP contribution is 2.36. The molecule has 4 aromatic rings. The Hall–Kier alpha value is -7.47. The molecule has 504 valence electrons. The standard InChI is InChI=1S/C59H88N12O20/c1-71-51(74)39-47(53(71)44-3-2-11-61-40-44)56(76)64-14-16-81-18-20-83-22-24-85-26-28-87-30-32-89-34-36-91-38-37-90-35-33-88-31-29-86-27-25-84-23-21-82-19-17-80-15-10-50(73)63-13-12-62-49(72)9-8-48(58(78)79)68-55(75)43-4-6-45(7-5-43)65-41-46-42-66-54-52(67-46)57(77)70-59(60)69-54/h2-7,11,40,42,47-48,53,65H,8-10,12-39,41H2,1H3,(H,62,72)(H,63,73)(H,64,76)(H,68,75)(H,78,79)(H3,60,66,69,70,77)/t47-,48-,53+/m0/s1. The number of nitrogen functional groups attached to an aromatic ring is 1. The maximum atomic E-state index is 12.8. The molecule has 0 aliphatic carbocycles. The van der Waals surface area contributed by atoms with Crippen LogP contribution in [0.25, 0.3) is 11.2 Å². The fourth-order valence-electron chi connectivity index (χ4n) is 8.52. The third-order valence-corrected chi connectivity index (χ3v) is 13.2. The number of fused-ring (bicyclic) bond motifs is 1. The Kier molecular flexibility index (Phi) is 37.3. The number of aromatic amines is 1. The number of H-pyrrole nitrogens is 1. The number of carboxylic acids is 1. The van der Waals surface area contributed by atoms with Gasteiger partial charge in [0.05, 0.1) is 189 Å². The Labute approximate surface area is 527 Å². The average molecular weight is 1290 g/mol. The topological polar surface area (TPSA) is 407 Å². The number of carbonyl (C=O) groups excluding carboxylic acids is 5. The van der Waals surface area contributed by atoms with Gasteiger partial charge >= 0.3 is 5.97 Å². The number of hydrogen-bond donors (Lipinski definition) is 8. The fourth-order valence-corrected chi connectivity index (χ4v) is 8.52. The van der Waals surface area contributed by atoms with Crippen molar-refractivity contribution in [1.82, 2.24) is 51.1 Å². The number of likely N-dealkylation sites (tertiary alicyclic amines) is 1. The van der Waals surface area contributed by atoms with Crippen LogP contribution in [0.15, 0.2) is 59.8 Å². The number of hydrogen-bond acceptors (Lipinski definition) is 25. The normalized spacial score (nSPS) is 14.2. The lowest BCUT2D eigenvalue weighted by Gasteiger charge is -2.24. The molecule has 1 aliphatic heterocycles. The minimum Gasteiger partial charge on any atom is -0.480 e. The molecule has 1 fully saturated rings. The Balaban J connectivity index is 0.679. The molecule has 5 rings (SSSR count). The zero-order valence-corrected chi connectivity index (χ0v) is 51.6. The van der Waals surface area contributed by atoms with E-state index in [2.05, 4.69) is 51.5 Å². The van der Waals surface area contributed by atoms with Gasteiger partial charge in [-0.1, -0.05) is 6.07 Å². The van der Waals surface area contributed by atoms with E-state index in [1.165, 1.54) is 18.3 Å². The maximum absolute atomic E-state index is 12.8. The quantitative estimate of drug-likeness (QED) is 0.0256. The Bertz CT molecular complexity index is 2790. The number of rotatable bonds is 53. The lowest BCUT2D eigenvalue weighted by molar-refractivity contribution is -0.139. The van der Waals surface area contributed by atoms with Gasteiger partial charge in [-0.05, 0) is 42.3 Å². The summed E-state index contributed by atoms with van der Waals surface area (Å²) in [6.45, 7) is 10.4. The van der Waals surface area contributed by atoms with Gasteiger partial charge in [-0.15, -0.1) is 0 Å². The van der Waals surface area contributed by atoms with E-state index in [4.69, 9.17) is 62.6 Å². The predicted octanol–water partition coefficient (Wildman–Crippen LogP) is -0.577. The first-order valence-electron chi connectivity index (χ1n) is 30.2. The molecule has 0 bridgehead atoms. The molecule has 3 aromatic heterocycles. The van der Waals surface area contributed by atoms with Gasteiger partial charge in [0.2, 0.25) is 29.6 Å². The van der Waals surface area contributed by atoms with E-state index >= 15 is 0 Å². The molecule has 0 unspecified atom stereocenters. The summed E-state index contributed by atoms with van der Waals surface area (Å²) in [7, 11) is 1.71. The number of aliphatic carboxylic acids is 1. The van der Waals surface area contributed by atoms with Crippen LogP contribution in [-0.4, -0.2) is 262 Å². The van der Waals surface area contributed by atoms with Gasteiger partial charge in [0.1, 0.15) is 6.04 Å². The summed E-state index contributed by atoms with van der Waals surface area (Å²) in [4.78, 5) is 107. The van der Waals surface area contributed by atoms with Crippen molar-refractivity contribution in [2.24, 2.45) is 5.92 Å². The van der Waals surface area contributed by atoms with Crippen LogP contribution in [0.3, 0.4) is 0 Å². The number of benzene rings is 1. The van der Waals surface area contributed by atoms with Crippen LogP contribution >= 0.6 is 0 Å². The molecule has 91 heavy (non-hydrogen) atoms. The van der Waals surface area contributed by atoms with Crippen LogP contribution < -0.4 is 37.9 Å². The van der Waals surface area contributed by atoms with Crippen molar-refractivity contribution in [3.05, 3.63) is 82.2 Å². The lowest BCUT2D eigenvalue weighted by atomic mass is 9.94. The van der Waals surface area contributed by atoms with Gasteiger partial charge in [0.25, 0.3) is 11.5 Å². The summed E-state index contributed by atoms with van der Waals surface area (Å²) in [5, 5.41) is 23.4. The second-order valence-electron chi connectivity index (χ2n) is 20.0. The highest BCUT2D eigenvalue weighted by molar-refractivity contribution is 5.97. The van der Waals surface area contributed by atoms with E-state index in [9.17, 15) is 38.7 Å². The third kappa shape index (κ3) is 31.4. The molecule has 9 N–H and O–H groups in total. The molecule has 1 aliphatic rings. The molecule has 5 amide bonds. The Morgan fingerprint density at radius 1 is 0.615 bits per heavy atom. The third-order valence-electron chi connectivity index (χ3n) is 13.2. The molecule has 32 nitrogen and oxygen atoms in total. The number of carboxylic acid groups (broad SMARTS) is 1. The summed E-state index contributed by atoms with van der Waals surface area (Å²) >= 11 is 0. The van der Waals surface area contributed by atoms with E-state index in [0.717, 1.165) is 5.56 Å². The Morgan fingerprint density at radius 2 is 1.10 bits per heavy atom. The molecule has 0 spiro atoms. The summed E-state index contributed by atoms with van der Waals surface area (Å²) in [6.07, 6.45) is 4.72. The predicted molar refractivity (Wildman–Crippen MR) is 326 cm³/mol. The molecule has 0 saturated carbocycles. The van der Waals surface area contributed by atoms with Gasteiger partial charge in [-0.3, -0.25) is 38.7 Å². The van der Waals surface area contributed by atoms with E-state index in [1.54, 1.807) is 42.5 Å². The van der Waals surface area contributed by atoms with Crippen LogP contribution in [0, 0.1) is 5.92 Å². The molecule has 3 atom stereocenters. The van der Waals surface area contributed by atoms with Crippen molar-refractivity contribution < 1.29 is 90.7 Å². The van der Waals surface area contributed by atoms with Gasteiger partial charge in [0, 0.05) is 69.6 Å². The average Bonchev–Trinajstić information content (AvgIpc) is 1.87. The number of aromatic nitrogens is 5. The molecular weight excluding hydrogens is 1200 g/mol. The SMILES string of the molecule is CN1C(=O)C[C@H](C(=O)NCCOCCOCCOCCOCCOCCOCCOCCOCCOCCOCCOCCOCCC(=O)NCCNC(=O)CC[C@H](NC(=O)c2ccc(NCc3cnc4nc(N)[nH]c(=O)c4n3)cc2)C(=O)O)[C@H]1c1cccnc1. The fraction of sp³-hybridized carbons (Fsp3) is 0.610. The summed E-state index contributed by atoms with van der Waals surface area (Å²) < 4.78 is 66.1. The highest BCUT2D eigenvalue weighted by Gasteiger charge is 2.42. The number of nitrogens with one attached hydrogen (secondary N) is 6. The molecule has 4 heterocycles. The van der Waals surface area contributed by atoms with Crippen LogP contribution in [0.5, 0.6) is 0 Å². The van der Waals surface area contributed by atoms with E-state index in [-0.39, 0.29) is 98.4 Å². The van der Waals surface area contributed by atoms with Gasteiger partial charge < -0.3 is 99.2 Å². The smallest absolute Gasteiger partial charge is 0.326 e. The van der Waals surface area contributed by atoms with Crippen molar-refractivity contribution in [1.29, 1.82) is 0 Å². The molecule has 1 saturated heterocycles.